The number of hydrogen-bond acceptors (Lipinski definition) is 3. The van der Waals surface area contributed by atoms with Crippen molar-refractivity contribution in [3.63, 3.8) is 0 Å². The molecule has 0 aliphatic heterocycles. The molecule has 1 atom stereocenters. The largest absolute Gasteiger partial charge is 0.394 e. The summed E-state index contributed by atoms with van der Waals surface area (Å²) < 4.78 is 0.977. The number of hydrogen-bond donors (Lipinski definition) is 3. The van der Waals surface area contributed by atoms with Crippen LogP contribution in [0.25, 0.3) is 0 Å². The van der Waals surface area contributed by atoms with E-state index in [0.29, 0.717) is 6.54 Å². The Labute approximate surface area is 98.3 Å². The fourth-order valence-corrected chi connectivity index (χ4v) is 2.24. The van der Waals surface area contributed by atoms with Gasteiger partial charge in [-0.25, -0.2) is 0 Å². The maximum absolute atomic E-state index is 9.23. The fourth-order valence-electron chi connectivity index (χ4n) is 1.42. The highest BCUT2D eigenvalue weighted by molar-refractivity contribution is 9.10. The molecule has 4 heteroatoms. The molecule has 0 unspecified atom stereocenters. The van der Waals surface area contributed by atoms with E-state index in [9.17, 15) is 5.11 Å². The van der Waals surface area contributed by atoms with E-state index in [1.807, 2.05) is 19.9 Å². The van der Waals surface area contributed by atoms with Crippen LogP contribution in [0.5, 0.6) is 0 Å². The van der Waals surface area contributed by atoms with Crippen LogP contribution in [0.1, 0.15) is 11.1 Å². The van der Waals surface area contributed by atoms with Gasteiger partial charge in [0.25, 0.3) is 0 Å². The minimum absolute atomic E-state index is 0.227. The van der Waals surface area contributed by atoms with E-state index in [1.54, 1.807) is 0 Å². The summed E-state index contributed by atoms with van der Waals surface area (Å²) in [6, 6.07) is 4.08. The first kappa shape index (κ1) is 12.5. The second-order valence-electron chi connectivity index (χ2n) is 3.66. The molecule has 0 radical (unpaired) electrons. The van der Waals surface area contributed by atoms with Gasteiger partial charge in [0.1, 0.15) is 0 Å². The Hall–Kier alpha value is -0.580. The van der Waals surface area contributed by atoms with Crippen LogP contribution in [0.2, 0.25) is 0 Å². The zero-order valence-electron chi connectivity index (χ0n) is 8.92. The summed E-state index contributed by atoms with van der Waals surface area (Å²) >= 11 is 3.46. The quantitative estimate of drug-likeness (QED) is 0.785. The normalized spacial score (nSPS) is 12.6. The van der Waals surface area contributed by atoms with Gasteiger partial charge in [-0.05, 0) is 47.0 Å². The van der Waals surface area contributed by atoms with Gasteiger partial charge in [0.2, 0.25) is 0 Å². The SMILES string of the molecule is Cc1cc(C)c(NC[C@H](O)CO)c(Br)c1. The van der Waals surface area contributed by atoms with E-state index < -0.39 is 6.10 Å². The molecule has 3 N–H and O–H groups in total. The van der Waals surface area contributed by atoms with Gasteiger partial charge in [-0.2, -0.15) is 0 Å². The molecular weight excluding hydrogens is 258 g/mol. The molecule has 1 aromatic rings. The summed E-state index contributed by atoms with van der Waals surface area (Å²) in [5.41, 5.74) is 3.27. The monoisotopic (exact) mass is 273 g/mol. The molecule has 0 aliphatic rings. The van der Waals surface area contributed by atoms with Gasteiger partial charge in [-0.3, -0.25) is 0 Å². The Morgan fingerprint density at radius 1 is 1.40 bits per heavy atom. The molecule has 0 saturated heterocycles. The Kier molecular flexibility index (Phi) is 4.57. The Bertz CT molecular complexity index is 318. The van der Waals surface area contributed by atoms with Crippen molar-refractivity contribution in [2.24, 2.45) is 0 Å². The Balaban J connectivity index is 2.77. The highest BCUT2D eigenvalue weighted by atomic mass is 79.9. The average Bonchev–Trinajstić information content (AvgIpc) is 2.15. The predicted octanol–water partition coefficient (Wildman–Crippen LogP) is 1.83. The number of benzene rings is 1. The van der Waals surface area contributed by atoms with Crippen molar-refractivity contribution >= 4 is 21.6 Å². The summed E-state index contributed by atoms with van der Waals surface area (Å²) in [4.78, 5) is 0. The Morgan fingerprint density at radius 3 is 2.60 bits per heavy atom. The average molecular weight is 274 g/mol. The van der Waals surface area contributed by atoms with Crippen LogP contribution < -0.4 is 5.32 Å². The molecule has 3 nitrogen and oxygen atoms in total. The van der Waals surface area contributed by atoms with Crippen LogP contribution in [0.4, 0.5) is 5.69 Å². The molecule has 84 valence electrons. The van der Waals surface area contributed by atoms with Crippen molar-refractivity contribution in [2.75, 3.05) is 18.5 Å². The first-order chi connectivity index (χ1) is 7.04. The summed E-state index contributed by atoms with van der Waals surface area (Å²) in [5.74, 6) is 0. The van der Waals surface area contributed by atoms with Crippen molar-refractivity contribution < 1.29 is 10.2 Å². The van der Waals surface area contributed by atoms with Crippen LogP contribution in [-0.4, -0.2) is 29.5 Å². The second-order valence-corrected chi connectivity index (χ2v) is 4.51. The van der Waals surface area contributed by atoms with Crippen LogP contribution >= 0.6 is 15.9 Å². The van der Waals surface area contributed by atoms with Crippen LogP contribution in [0, 0.1) is 13.8 Å². The van der Waals surface area contributed by atoms with Gasteiger partial charge in [-0.1, -0.05) is 6.07 Å². The molecule has 0 aromatic heterocycles. The first-order valence-electron chi connectivity index (χ1n) is 4.84. The van der Waals surface area contributed by atoms with E-state index in [1.165, 1.54) is 5.56 Å². The number of nitrogens with one attached hydrogen (secondary N) is 1. The maximum atomic E-state index is 9.23. The molecule has 0 aliphatic carbocycles. The lowest BCUT2D eigenvalue weighted by Crippen LogP contribution is -2.23. The number of aliphatic hydroxyl groups is 2. The van der Waals surface area contributed by atoms with Gasteiger partial charge in [0.15, 0.2) is 0 Å². The van der Waals surface area contributed by atoms with Crippen molar-refractivity contribution in [2.45, 2.75) is 20.0 Å². The van der Waals surface area contributed by atoms with Gasteiger partial charge < -0.3 is 15.5 Å². The molecule has 0 amide bonds. The minimum atomic E-state index is -0.724. The van der Waals surface area contributed by atoms with Gasteiger partial charge in [-0.15, -0.1) is 0 Å². The third-order valence-electron chi connectivity index (χ3n) is 2.16. The van der Waals surface area contributed by atoms with Crippen LogP contribution in [0.3, 0.4) is 0 Å². The van der Waals surface area contributed by atoms with Gasteiger partial charge >= 0.3 is 0 Å². The lowest BCUT2D eigenvalue weighted by molar-refractivity contribution is 0.105. The molecule has 1 rings (SSSR count). The molecular formula is C11H16BrNO2. The smallest absolute Gasteiger partial charge is 0.0942 e. The standard InChI is InChI=1S/C11H16BrNO2/c1-7-3-8(2)11(10(12)4-7)13-5-9(15)6-14/h3-4,9,13-15H,5-6H2,1-2H3/t9-/m0/s1. The maximum Gasteiger partial charge on any atom is 0.0942 e. The molecule has 1 aromatic carbocycles. The van der Waals surface area contributed by atoms with Crippen molar-refractivity contribution in [1.82, 2.24) is 0 Å². The van der Waals surface area contributed by atoms with Crippen LogP contribution in [0.15, 0.2) is 16.6 Å². The summed E-state index contributed by atoms with van der Waals surface area (Å²) in [7, 11) is 0. The van der Waals surface area contributed by atoms with Crippen molar-refractivity contribution in [3.05, 3.63) is 27.7 Å². The zero-order chi connectivity index (χ0) is 11.4. The summed E-state index contributed by atoms with van der Waals surface area (Å²) in [6.45, 7) is 4.16. The van der Waals surface area contributed by atoms with E-state index >= 15 is 0 Å². The molecule has 0 bridgehead atoms. The van der Waals surface area contributed by atoms with Gasteiger partial charge in [0, 0.05) is 11.0 Å². The highest BCUT2D eigenvalue weighted by Gasteiger charge is 2.07. The third kappa shape index (κ3) is 3.48. The van der Waals surface area contributed by atoms with Crippen molar-refractivity contribution in [1.29, 1.82) is 0 Å². The number of aliphatic hydroxyl groups excluding tert-OH is 2. The topological polar surface area (TPSA) is 52.5 Å². The minimum Gasteiger partial charge on any atom is -0.394 e. The number of aryl methyl sites for hydroxylation is 2. The molecule has 0 fully saturated rings. The van der Waals surface area contributed by atoms with Gasteiger partial charge in [0.05, 0.1) is 18.4 Å². The lowest BCUT2D eigenvalue weighted by Gasteiger charge is -2.14. The third-order valence-corrected chi connectivity index (χ3v) is 2.78. The number of rotatable bonds is 4. The fraction of sp³-hybridized carbons (Fsp3) is 0.455. The number of anilines is 1. The molecule has 15 heavy (non-hydrogen) atoms. The molecule has 0 heterocycles. The lowest BCUT2D eigenvalue weighted by atomic mass is 10.1. The van der Waals surface area contributed by atoms with E-state index in [2.05, 4.69) is 27.3 Å². The van der Waals surface area contributed by atoms with E-state index in [-0.39, 0.29) is 6.61 Å². The first-order valence-corrected chi connectivity index (χ1v) is 5.63. The van der Waals surface area contributed by atoms with Crippen LogP contribution in [-0.2, 0) is 0 Å². The summed E-state index contributed by atoms with van der Waals surface area (Å²) in [5, 5.41) is 21.0. The molecule has 0 spiro atoms. The predicted molar refractivity (Wildman–Crippen MR) is 65.2 cm³/mol. The van der Waals surface area contributed by atoms with E-state index in [0.717, 1.165) is 15.7 Å². The summed E-state index contributed by atoms with van der Waals surface area (Å²) in [6.07, 6.45) is -0.724. The zero-order valence-corrected chi connectivity index (χ0v) is 10.5. The molecule has 0 saturated carbocycles. The van der Waals surface area contributed by atoms with Crippen molar-refractivity contribution in [3.8, 4) is 0 Å². The number of halogens is 1. The second kappa shape index (κ2) is 5.49. The highest BCUT2D eigenvalue weighted by Crippen LogP contribution is 2.27. The van der Waals surface area contributed by atoms with E-state index in [4.69, 9.17) is 5.11 Å². The Morgan fingerprint density at radius 2 is 2.07 bits per heavy atom.